The fraction of sp³-hybridized carbons (Fsp3) is 0.350. The van der Waals surface area contributed by atoms with Crippen LogP contribution >= 0.6 is 0 Å². The Morgan fingerprint density at radius 2 is 1.84 bits per heavy atom. The summed E-state index contributed by atoms with van der Waals surface area (Å²) in [6.07, 6.45) is 2.68. The average molecular weight is 340 g/mol. The van der Waals surface area contributed by atoms with Crippen molar-refractivity contribution >= 4 is 11.7 Å². The van der Waals surface area contributed by atoms with Crippen molar-refractivity contribution in [1.29, 1.82) is 0 Å². The van der Waals surface area contributed by atoms with Crippen molar-refractivity contribution < 1.29 is 14.3 Å². The number of ether oxygens (including phenoxy) is 2. The summed E-state index contributed by atoms with van der Waals surface area (Å²) in [4.78, 5) is 12.2. The van der Waals surface area contributed by atoms with Crippen LogP contribution in [0.3, 0.4) is 0 Å². The zero-order valence-corrected chi connectivity index (χ0v) is 14.5. The maximum absolute atomic E-state index is 12.2. The minimum Gasteiger partial charge on any atom is -0.490 e. The van der Waals surface area contributed by atoms with Crippen LogP contribution in [0.15, 0.2) is 48.5 Å². The first-order valence-electron chi connectivity index (χ1n) is 8.72. The largest absolute Gasteiger partial charge is 0.490 e. The monoisotopic (exact) mass is 340 g/mol. The second-order valence-corrected chi connectivity index (χ2v) is 6.24. The Morgan fingerprint density at radius 1 is 1.08 bits per heavy atom. The number of fused-ring (bicyclic) bond motifs is 1. The maximum atomic E-state index is 12.2. The van der Waals surface area contributed by atoms with Gasteiger partial charge in [0.05, 0.1) is 13.2 Å². The van der Waals surface area contributed by atoms with Crippen molar-refractivity contribution in [3.63, 3.8) is 0 Å². The number of carbonyl (C=O) groups is 1. The number of anilines is 1. The summed E-state index contributed by atoms with van der Waals surface area (Å²) in [7, 11) is 0. The molecule has 132 valence electrons. The van der Waals surface area contributed by atoms with Crippen molar-refractivity contribution in [2.75, 3.05) is 18.5 Å². The molecule has 5 heteroatoms. The highest BCUT2D eigenvalue weighted by molar-refractivity contribution is 5.89. The Morgan fingerprint density at radius 3 is 2.64 bits per heavy atom. The van der Waals surface area contributed by atoms with Crippen molar-refractivity contribution in [3.8, 4) is 11.5 Å². The Hall–Kier alpha value is -2.69. The molecule has 5 nitrogen and oxygen atoms in total. The molecule has 25 heavy (non-hydrogen) atoms. The molecular formula is C20H24N2O3. The van der Waals surface area contributed by atoms with E-state index in [9.17, 15) is 4.79 Å². The lowest BCUT2D eigenvalue weighted by atomic mass is 10.1. The van der Waals surface area contributed by atoms with Gasteiger partial charge in [0.15, 0.2) is 11.5 Å². The van der Waals surface area contributed by atoms with E-state index < -0.39 is 0 Å². The summed E-state index contributed by atoms with van der Waals surface area (Å²) in [6, 6.07) is 15.6. The molecule has 0 saturated heterocycles. The SMILES string of the molecule is CC(CCc1ccccc1)NC(=O)Nc1ccc2c(c1)OCCCO2. The smallest absolute Gasteiger partial charge is 0.319 e. The number of urea groups is 1. The molecule has 0 saturated carbocycles. The van der Waals surface area contributed by atoms with Gasteiger partial charge in [0.25, 0.3) is 0 Å². The molecule has 0 radical (unpaired) electrons. The first-order chi connectivity index (χ1) is 12.2. The second kappa shape index (κ2) is 8.42. The van der Waals surface area contributed by atoms with Crippen molar-refractivity contribution in [1.82, 2.24) is 5.32 Å². The number of hydrogen-bond donors (Lipinski definition) is 2. The third kappa shape index (κ3) is 5.14. The van der Waals surface area contributed by atoms with Crippen LogP contribution in [0, 0.1) is 0 Å². The van der Waals surface area contributed by atoms with Crippen molar-refractivity contribution in [3.05, 3.63) is 54.1 Å². The topological polar surface area (TPSA) is 59.6 Å². The Labute approximate surface area is 148 Å². The van der Waals surface area contributed by atoms with Gasteiger partial charge in [-0.25, -0.2) is 4.79 Å². The summed E-state index contributed by atoms with van der Waals surface area (Å²) >= 11 is 0. The highest BCUT2D eigenvalue weighted by atomic mass is 16.5. The van der Waals surface area contributed by atoms with Crippen LogP contribution in [-0.2, 0) is 6.42 Å². The summed E-state index contributed by atoms with van der Waals surface area (Å²) in [5, 5.41) is 5.82. The molecule has 2 N–H and O–H groups in total. The predicted octanol–water partition coefficient (Wildman–Crippen LogP) is 3.99. The molecule has 0 aliphatic carbocycles. The molecule has 0 bridgehead atoms. The molecule has 2 amide bonds. The van der Waals surface area contributed by atoms with Gasteiger partial charge in [-0.1, -0.05) is 30.3 Å². The average Bonchev–Trinajstić information content (AvgIpc) is 2.85. The summed E-state index contributed by atoms with van der Waals surface area (Å²) in [5.74, 6) is 1.40. The number of rotatable bonds is 5. The van der Waals surface area contributed by atoms with Gasteiger partial charge in [-0.05, 0) is 37.5 Å². The van der Waals surface area contributed by atoms with Crippen LogP contribution in [-0.4, -0.2) is 25.3 Å². The van der Waals surface area contributed by atoms with Crippen LogP contribution in [0.5, 0.6) is 11.5 Å². The Kier molecular flexibility index (Phi) is 5.77. The van der Waals surface area contributed by atoms with Crippen LogP contribution in [0.1, 0.15) is 25.3 Å². The van der Waals surface area contributed by atoms with E-state index in [1.165, 1.54) is 5.56 Å². The zero-order valence-electron chi connectivity index (χ0n) is 14.5. The van der Waals surface area contributed by atoms with Gasteiger partial charge in [-0.15, -0.1) is 0 Å². The molecule has 1 unspecified atom stereocenters. The summed E-state index contributed by atoms with van der Waals surface area (Å²) in [5.41, 5.74) is 1.97. The van der Waals surface area contributed by atoms with Crippen LogP contribution in [0.2, 0.25) is 0 Å². The highest BCUT2D eigenvalue weighted by Gasteiger charge is 2.13. The maximum Gasteiger partial charge on any atom is 0.319 e. The summed E-state index contributed by atoms with van der Waals surface area (Å²) < 4.78 is 11.2. The first-order valence-corrected chi connectivity index (χ1v) is 8.72. The number of hydrogen-bond acceptors (Lipinski definition) is 3. The second-order valence-electron chi connectivity index (χ2n) is 6.24. The van der Waals surface area contributed by atoms with E-state index in [4.69, 9.17) is 9.47 Å². The van der Waals surface area contributed by atoms with E-state index in [0.29, 0.717) is 24.7 Å². The molecule has 0 spiro atoms. The van der Waals surface area contributed by atoms with E-state index >= 15 is 0 Å². The molecule has 1 aliphatic heterocycles. The Bertz CT molecular complexity index is 703. The van der Waals surface area contributed by atoms with Gasteiger partial charge >= 0.3 is 6.03 Å². The van der Waals surface area contributed by atoms with Gasteiger partial charge in [0.2, 0.25) is 0 Å². The number of nitrogens with one attached hydrogen (secondary N) is 2. The minimum absolute atomic E-state index is 0.0839. The number of aryl methyl sites for hydroxylation is 1. The first kappa shape index (κ1) is 17.1. The molecule has 1 atom stereocenters. The quantitative estimate of drug-likeness (QED) is 0.865. The minimum atomic E-state index is -0.213. The van der Waals surface area contributed by atoms with Crippen molar-refractivity contribution in [2.45, 2.75) is 32.2 Å². The van der Waals surface area contributed by atoms with Gasteiger partial charge in [0.1, 0.15) is 0 Å². The van der Waals surface area contributed by atoms with E-state index in [0.717, 1.165) is 25.0 Å². The van der Waals surface area contributed by atoms with E-state index in [1.807, 2.05) is 37.3 Å². The van der Waals surface area contributed by atoms with E-state index in [-0.39, 0.29) is 12.1 Å². The molecule has 1 aliphatic rings. The van der Waals surface area contributed by atoms with Gasteiger partial charge in [-0.3, -0.25) is 0 Å². The molecule has 0 aromatic heterocycles. The zero-order chi connectivity index (χ0) is 17.5. The molecule has 0 fully saturated rings. The lowest BCUT2D eigenvalue weighted by Gasteiger charge is -2.15. The fourth-order valence-corrected chi connectivity index (χ4v) is 2.73. The van der Waals surface area contributed by atoms with Gasteiger partial charge in [0, 0.05) is 24.2 Å². The molecule has 2 aromatic carbocycles. The molecule has 3 rings (SSSR count). The third-order valence-electron chi connectivity index (χ3n) is 4.09. The van der Waals surface area contributed by atoms with Gasteiger partial charge in [-0.2, -0.15) is 0 Å². The standard InChI is InChI=1S/C20H24N2O3/c1-15(8-9-16-6-3-2-4-7-16)21-20(23)22-17-10-11-18-19(14-17)25-13-5-12-24-18/h2-4,6-7,10-11,14-15H,5,8-9,12-13H2,1H3,(H2,21,22,23). The van der Waals surface area contributed by atoms with Crippen LogP contribution in [0.4, 0.5) is 10.5 Å². The van der Waals surface area contributed by atoms with E-state index in [1.54, 1.807) is 6.07 Å². The number of benzene rings is 2. The number of amides is 2. The van der Waals surface area contributed by atoms with Gasteiger partial charge < -0.3 is 20.1 Å². The number of carbonyl (C=O) groups excluding carboxylic acids is 1. The van der Waals surface area contributed by atoms with Crippen molar-refractivity contribution in [2.24, 2.45) is 0 Å². The van der Waals surface area contributed by atoms with Crippen LogP contribution < -0.4 is 20.1 Å². The molecule has 2 aromatic rings. The lowest BCUT2D eigenvalue weighted by Crippen LogP contribution is -2.36. The predicted molar refractivity (Wildman–Crippen MR) is 98.4 cm³/mol. The molecule has 1 heterocycles. The summed E-state index contributed by atoms with van der Waals surface area (Å²) in [6.45, 7) is 3.29. The third-order valence-corrected chi connectivity index (χ3v) is 4.09. The highest BCUT2D eigenvalue weighted by Crippen LogP contribution is 2.32. The van der Waals surface area contributed by atoms with E-state index in [2.05, 4.69) is 22.8 Å². The van der Waals surface area contributed by atoms with Crippen LogP contribution in [0.25, 0.3) is 0 Å². The lowest BCUT2D eigenvalue weighted by molar-refractivity contribution is 0.248. The Balaban J connectivity index is 1.49. The molecular weight excluding hydrogens is 316 g/mol. The fourth-order valence-electron chi connectivity index (χ4n) is 2.73. The normalized spacial score (nSPS) is 14.3.